The van der Waals surface area contributed by atoms with Gasteiger partial charge < -0.3 is 20.9 Å². The number of fused-ring (bicyclic) bond motifs is 1. The minimum atomic E-state index is -0.659. The number of nitrogens with one attached hydrogen (secondary N) is 1. The lowest BCUT2D eigenvalue weighted by atomic mass is 9.95. The Balaban J connectivity index is 1.52. The van der Waals surface area contributed by atoms with Crippen molar-refractivity contribution in [3.63, 3.8) is 0 Å². The molecule has 0 unspecified atom stereocenters. The first-order chi connectivity index (χ1) is 15.8. The Bertz CT molecular complexity index is 1170. The van der Waals surface area contributed by atoms with Crippen molar-refractivity contribution in [2.45, 2.75) is 38.6 Å². The second-order valence-electron chi connectivity index (χ2n) is 8.78. The van der Waals surface area contributed by atoms with E-state index in [2.05, 4.69) is 47.5 Å². The molecule has 1 aromatic carbocycles. The highest BCUT2D eigenvalue weighted by molar-refractivity contribution is 7.18. The average Bonchev–Trinajstić information content (AvgIpc) is 3.22. The number of piperidine rings is 1. The number of carbonyl (C=O) groups is 2. The molecular weight excluding hydrogens is 436 g/mol. The molecule has 2 aromatic heterocycles. The van der Waals surface area contributed by atoms with Crippen LogP contribution >= 0.6 is 11.3 Å². The molecule has 3 N–H and O–H groups in total. The van der Waals surface area contributed by atoms with Gasteiger partial charge in [-0.2, -0.15) is 0 Å². The molecule has 0 radical (unpaired) electrons. The number of nitrogens with two attached hydrogens (primary N) is 1. The van der Waals surface area contributed by atoms with Crippen LogP contribution in [0.25, 0.3) is 10.2 Å². The van der Waals surface area contributed by atoms with Gasteiger partial charge in [0.1, 0.15) is 5.82 Å². The van der Waals surface area contributed by atoms with E-state index in [1.807, 2.05) is 0 Å². The van der Waals surface area contributed by atoms with E-state index in [-0.39, 0.29) is 6.04 Å². The van der Waals surface area contributed by atoms with Crippen LogP contribution in [0.3, 0.4) is 0 Å². The molecule has 3 heterocycles. The van der Waals surface area contributed by atoms with Gasteiger partial charge in [-0.3, -0.25) is 9.59 Å². The van der Waals surface area contributed by atoms with Gasteiger partial charge >= 0.3 is 11.8 Å². The van der Waals surface area contributed by atoms with Gasteiger partial charge in [-0.1, -0.05) is 6.07 Å². The van der Waals surface area contributed by atoms with Crippen LogP contribution < -0.4 is 11.1 Å². The fraction of sp³-hybridized carbons (Fsp3) is 0.417. The summed E-state index contributed by atoms with van der Waals surface area (Å²) in [6.07, 6.45) is 5.09. The van der Waals surface area contributed by atoms with E-state index in [1.165, 1.54) is 6.20 Å². The average molecular weight is 467 g/mol. The Kier molecular flexibility index (Phi) is 6.90. The van der Waals surface area contributed by atoms with Crippen LogP contribution in [-0.2, 0) is 16.0 Å². The first-order valence-corrected chi connectivity index (χ1v) is 12.0. The molecule has 1 aliphatic heterocycles. The summed E-state index contributed by atoms with van der Waals surface area (Å²) >= 11 is 1.71. The maximum Gasteiger partial charge on any atom is 0.313 e. The summed E-state index contributed by atoms with van der Waals surface area (Å²) in [4.78, 5) is 38.6. The van der Waals surface area contributed by atoms with Gasteiger partial charge in [0, 0.05) is 19.5 Å². The zero-order valence-corrected chi connectivity index (χ0v) is 20.1. The zero-order valence-electron chi connectivity index (χ0n) is 19.3. The Morgan fingerprint density at radius 1 is 1.27 bits per heavy atom. The number of aromatic nitrogens is 2. The minimum Gasteiger partial charge on any atom is -0.383 e. The predicted molar refractivity (Wildman–Crippen MR) is 132 cm³/mol. The molecule has 1 saturated heterocycles. The summed E-state index contributed by atoms with van der Waals surface area (Å²) in [6, 6.07) is 7.80. The number of likely N-dealkylation sites (tertiary alicyclic amines) is 1. The zero-order chi connectivity index (χ0) is 23.5. The van der Waals surface area contributed by atoms with Crippen molar-refractivity contribution in [3.05, 3.63) is 46.6 Å². The SMILES string of the molecule is Cc1cc(NC(=O)C(=O)N2CCCC[C@H]2c2ccc3sc(CCN(C)C)nc3c2)cnc1N. The van der Waals surface area contributed by atoms with Gasteiger partial charge in [-0.25, -0.2) is 9.97 Å². The molecule has 0 spiro atoms. The monoisotopic (exact) mass is 466 g/mol. The highest BCUT2D eigenvalue weighted by atomic mass is 32.1. The van der Waals surface area contributed by atoms with Crippen molar-refractivity contribution >= 4 is 44.9 Å². The van der Waals surface area contributed by atoms with Crippen LogP contribution in [0, 0.1) is 6.92 Å². The summed E-state index contributed by atoms with van der Waals surface area (Å²) < 4.78 is 1.14. The van der Waals surface area contributed by atoms with Crippen molar-refractivity contribution in [1.29, 1.82) is 0 Å². The van der Waals surface area contributed by atoms with Crippen molar-refractivity contribution in [2.24, 2.45) is 0 Å². The number of likely N-dealkylation sites (N-methyl/N-ethyl adjacent to an activating group) is 1. The summed E-state index contributed by atoms with van der Waals surface area (Å²) in [6.45, 7) is 3.32. The fourth-order valence-corrected chi connectivity index (χ4v) is 5.05. The topological polar surface area (TPSA) is 104 Å². The van der Waals surface area contributed by atoms with Crippen molar-refractivity contribution < 1.29 is 9.59 Å². The molecule has 0 saturated carbocycles. The Labute approximate surface area is 197 Å². The first kappa shape index (κ1) is 23.1. The fourth-order valence-electron chi connectivity index (χ4n) is 4.12. The highest BCUT2D eigenvalue weighted by Crippen LogP contribution is 2.34. The number of carbonyl (C=O) groups excluding carboxylic acids is 2. The van der Waals surface area contributed by atoms with Gasteiger partial charge in [0.05, 0.1) is 33.2 Å². The molecule has 33 heavy (non-hydrogen) atoms. The summed E-state index contributed by atoms with van der Waals surface area (Å²) in [7, 11) is 4.11. The van der Waals surface area contributed by atoms with Gasteiger partial charge in [0.15, 0.2) is 0 Å². The number of thiazole rings is 1. The standard InChI is InChI=1S/C24H30N6O2S/c1-15-12-17(14-26-22(15)25)27-23(31)24(32)30-10-5-4-6-19(30)16-7-8-20-18(13-16)28-21(33-20)9-11-29(2)3/h7-8,12-14,19H,4-6,9-11H2,1-3H3,(H2,25,26)(H,27,31)/t19-/m0/s1. The normalized spacial score (nSPS) is 16.4. The van der Waals surface area contributed by atoms with Crippen LogP contribution in [-0.4, -0.2) is 58.8 Å². The second-order valence-corrected chi connectivity index (χ2v) is 9.89. The summed E-state index contributed by atoms with van der Waals surface area (Å²) in [5.41, 5.74) is 8.93. The third-order valence-electron chi connectivity index (χ3n) is 5.95. The first-order valence-electron chi connectivity index (χ1n) is 11.2. The number of benzene rings is 1. The number of amides is 2. The lowest BCUT2D eigenvalue weighted by molar-refractivity contribution is -0.145. The van der Waals surface area contributed by atoms with E-state index >= 15 is 0 Å². The smallest absolute Gasteiger partial charge is 0.313 e. The van der Waals surface area contributed by atoms with Crippen LogP contribution in [0.5, 0.6) is 0 Å². The van der Waals surface area contributed by atoms with Crippen LogP contribution in [0.2, 0.25) is 0 Å². The molecule has 8 nitrogen and oxygen atoms in total. The van der Waals surface area contributed by atoms with Gasteiger partial charge in [0.2, 0.25) is 0 Å². The Morgan fingerprint density at radius 3 is 2.85 bits per heavy atom. The molecule has 2 amide bonds. The summed E-state index contributed by atoms with van der Waals surface area (Å²) in [5.74, 6) is -0.787. The Hall–Kier alpha value is -3.04. The largest absolute Gasteiger partial charge is 0.383 e. The number of pyridine rings is 1. The number of anilines is 2. The predicted octanol–water partition coefficient (Wildman–Crippen LogP) is 3.38. The van der Waals surface area contributed by atoms with E-state index in [0.717, 1.165) is 58.6 Å². The van der Waals surface area contributed by atoms with E-state index < -0.39 is 11.8 Å². The molecule has 0 bridgehead atoms. The highest BCUT2D eigenvalue weighted by Gasteiger charge is 2.32. The lowest BCUT2D eigenvalue weighted by Gasteiger charge is -2.35. The van der Waals surface area contributed by atoms with Crippen molar-refractivity contribution in [3.8, 4) is 0 Å². The van der Waals surface area contributed by atoms with Crippen molar-refractivity contribution in [2.75, 3.05) is 38.2 Å². The lowest BCUT2D eigenvalue weighted by Crippen LogP contribution is -2.44. The quantitative estimate of drug-likeness (QED) is 0.559. The number of nitrogen functional groups attached to an aromatic ring is 1. The molecule has 0 aliphatic carbocycles. The van der Waals surface area contributed by atoms with Gasteiger partial charge in [-0.05, 0) is 69.6 Å². The molecule has 1 aliphatic rings. The van der Waals surface area contributed by atoms with E-state index in [0.29, 0.717) is 18.1 Å². The number of aryl methyl sites for hydroxylation is 1. The molecule has 174 valence electrons. The number of nitrogens with zero attached hydrogens (tertiary/aromatic N) is 4. The number of rotatable bonds is 5. The van der Waals surface area contributed by atoms with E-state index in [9.17, 15) is 9.59 Å². The van der Waals surface area contributed by atoms with E-state index in [4.69, 9.17) is 10.7 Å². The molecule has 3 aromatic rings. The summed E-state index contributed by atoms with van der Waals surface area (Å²) in [5, 5.41) is 3.78. The van der Waals surface area contributed by atoms with Gasteiger partial charge in [0.25, 0.3) is 0 Å². The minimum absolute atomic E-state index is 0.139. The van der Waals surface area contributed by atoms with E-state index in [1.54, 1.807) is 29.2 Å². The number of hydrogen-bond donors (Lipinski definition) is 2. The van der Waals surface area contributed by atoms with Crippen LogP contribution in [0.4, 0.5) is 11.5 Å². The maximum absolute atomic E-state index is 13.1. The van der Waals surface area contributed by atoms with Gasteiger partial charge in [-0.15, -0.1) is 11.3 Å². The molecule has 9 heteroatoms. The molecule has 1 atom stereocenters. The molecule has 1 fully saturated rings. The van der Waals surface area contributed by atoms with Crippen LogP contribution in [0.15, 0.2) is 30.5 Å². The molecular formula is C24H30N6O2S. The second kappa shape index (κ2) is 9.84. The number of hydrogen-bond acceptors (Lipinski definition) is 7. The third-order valence-corrected chi connectivity index (χ3v) is 7.04. The third kappa shape index (κ3) is 5.31. The maximum atomic E-state index is 13.1. The Morgan fingerprint density at radius 2 is 2.09 bits per heavy atom. The molecule has 4 rings (SSSR count). The van der Waals surface area contributed by atoms with Crippen LogP contribution in [0.1, 0.15) is 41.4 Å². The van der Waals surface area contributed by atoms with Crippen molar-refractivity contribution in [1.82, 2.24) is 19.8 Å².